The molecule has 2 aromatic carbocycles. The quantitative estimate of drug-likeness (QED) is 0.268. The van der Waals surface area contributed by atoms with Gasteiger partial charge in [-0.25, -0.2) is 18.0 Å². The van der Waals surface area contributed by atoms with Gasteiger partial charge < -0.3 is 19.9 Å². The maximum Gasteiger partial charge on any atom is 0.351 e. The minimum absolute atomic E-state index is 0.00687. The summed E-state index contributed by atoms with van der Waals surface area (Å²) in [7, 11) is -2.76. The Hall–Kier alpha value is -2.54. The van der Waals surface area contributed by atoms with Crippen molar-refractivity contribution in [3.05, 3.63) is 68.0 Å². The number of hydrogen-bond acceptors (Lipinski definition) is 8. The summed E-state index contributed by atoms with van der Waals surface area (Å²) in [6.07, 6.45) is 1.18. The largest absolute Gasteiger partial charge is 0.479 e. The van der Waals surface area contributed by atoms with Crippen molar-refractivity contribution >= 4 is 73.8 Å². The number of carbonyl (C=O) groups is 2. The third-order valence-electron chi connectivity index (χ3n) is 6.19. The normalized spacial score (nSPS) is 14.1. The van der Waals surface area contributed by atoms with Crippen molar-refractivity contribution in [1.29, 1.82) is 0 Å². The first-order valence-corrected chi connectivity index (χ1v) is 15.6. The maximum atomic E-state index is 14.0. The number of esters is 1. The highest BCUT2D eigenvalue weighted by molar-refractivity contribution is 7.92. The van der Waals surface area contributed by atoms with Crippen LogP contribution in [-0.2, 0) is 25.3 Å². The van der Waals surface area contributed by atoms with Crippen LogP contribution in [0.25, 0.3) is 10.4 Å². The van der Waals surface area contributed by atoms with Crippen LogP contribution in [0.15, 0.2) is 42.5 Å². The van der Waals surface area contributed by atoms with E-state index in [0.717, 1.165) is 11.3 Å². The van der Waals surface area contributed by atoms with Crippen LogP contribution >= 0.6 is 46.1 Å². The van der Waals surface area contributed by atoms with E-state index in [-0.39, 0.29) is 37.5 Å². The molecule has 2 heterocycles. The maximum absolute atomic E-state index is 14.0. The van der Waals surface area contributed by atoms with E-state index in [4.69, 9.17) is 49.4 Å². The van der Waals surface area contributed by atoms with Crippen molar-refractivity contribution in [2.75, 3.05) is 31.1 Å². The number of sulfonamides is 1. The zero-order valence-corrected chi connectivity index (χ0v) is 25.1. The first-order valence-electron chi connectivity index (χ1n) is 12.0. The van der Waals surface area contributed by atoms with Gasteiger partial charge in [-0.1, -0.05) is 59.1 Å². The first-order chi connectivity index (χ1) is 19.0. The average Bonchev–Trinajstić information content (AvgIpc) is 3.26. The molecule has 0 bridgehead atoms. The number of nitrogens with one attached hydrogen (secondary N) is 1. The van der Waals surface area contributed by atoms with Gasteiger partial charge in [0, 0.05) is 6.04 Å². The molecule has 0 saturated carbocycles. The molecule has 0 unspecified atom stereocenters. The zero-order chi connectivity index (χ0) is 29.0. The van der Waals surface area contributed by atoms with Gasteiger partial charge in [0.05, 0.1) is 33.5 Å². The Kier molecular flexibility index (Phi) is 9.86. The van der Waals surface area contributed by atoms with Gasteiger partial charge in [-0.3, -0.25) is 4.31 Å². The second-order valence-corrected chi connectivity index (χ2v) is 12.9. The highest BCUT2D eigenvalue weighted by Crippen LogP contribution is 2.46. The number of nitrogens with zero attached hydrogens (tertiary/aromatic N) is 1. The monoisotopic (exact) mass is 646 g/mol. The Morgan fingerprint density at radius 2 is 1.80 bits per heavy atom. The second-order valence-electron chi connectivity index (χ2n) is 8.87. The molecule has 9 nitrogen and oxygen atoms in total. The number of benzene rings is 2. The molecular weight excluding hydrogens is 623 g/mol. The van der Waals surface area contributed by atoms with Crippen molar-refractivity contribution in [3.8, 4) is 16.2 Å². The van der Waals surface area contributed by atoms with Crippen LogP contribution in [0.3, 0.4) is 0 Å². The number of halogens is 3. The lowest BCUT2D eigenvalue weighted by Crippen LogP contribution is -2.46. The summed E-state index contributed by atoms with van der Waals surface area (Å²) < 4.78 is 39.5. The Morgan fingerprint density at radius 1 is 1.10 bits per heavy atom. The lowest BCUT2D eigenvalue weighted by molar-refractivity contribution is -0.139. The van der Waals surface area contributed by atoms with E-state index < -0.39 is 28.6 Å². The number of anilines is 1. The van der Waals surface area contributed by atoms with Gasteiger partial charge in [0.2, 0.25) is 10.0 Å². The van der Waals surface area contributed by atoms with Gasteiger partial charge in [-0.05, 0) is 55.3 Å². The molecule has 0 atom stereocenters. The summed E-state index contributed by atoms with van der Waals surface area (Å²) in [5, 5.41) is 12.8. The lowest BCUT2D eigenvalue weighted by Gasteiger charge is -2.35. The summed E-state index contributed by atoms with van der Waals surface area (Å²) in [6.45, 7) is 0.587. The summed E-state index contributed by atoms with van der Waals surface area (Å²) in [4.78, 5) is 23.9. The number of hydrogen-bond donors (Lipinski definition) is 2. The number of thiophene rings is 1. The van der Waals surface area contributed by atoms with E-state index in [9.17, 15) is 18.0 Å². The molecule has 0 aliphatic carbocycles. The SMILES string of the molecule is COC(=O)c1sc(-c2cccc(N(C3CCNCC3)S(=O)(=O)Cc3cccc(Cl)c3Cl)c2)c(Cl)c1OCC(=O)O. The second kappa shape index (κ2) is 13.0. The number of aliphatic carboxylic acids is 1. The standard InChI is InChI=1S/C26H25Cl3N2O7S2/c1-37-26(34)25-23(38-13-20(32)33)22(29)24(39-25)15-4-2-6-18(12-15)31(17-8-10-30-11-9-17)40(35,36)14-16-5-3-7-19(27)21(16)28/h2-7,12,17,30H,8-11,13-14H2,1H3,(H,32,33). The molecule has 1 aromatic heterocycles. The van der Waals surface area contributed by atoms with Gasteiger partial charge in [0.1, 0.15) is 5.02 Å². The van der Waals surface area contributed by atoms with Crippen molar-refractivity contribution in [3.63, 3.8) is 0 Å². The number of methoxy groups -OCH3 is 1. The van der Waals surface area contributed by atoms with Crippen LogP contribution in [0.4, 0.5) is 5.69 Å². The van der Waals surface area contributed by atoms with E-state index in [2.05, 4.69) is 5.32 Å². The smallest absolute Gasteiger partial charge is 0.351 e. The van der Waals surface area contributed by atoms with E-state index in [1.54, 1.807) is 42.5 Å². The summed E-state index contributed by atoms with van der Waals surface area (Å²) in [5.41, 5.74) is 1.30. The molecule has 0 amide bonds. The fourth-order valence-corrected chi connectivity index (χ4v) is 8.24. The van der Waals surface area contributed by atoms with Crippen LogP contribution in [0.1, 0.15) is 28.1 Å². The molecule has 3 aromatic rings. The number of carboxylic acid groups (broad SMARTS) is 1. The molecule has 1 fully saturated rings. The van der Waals surface area contributed by atoms with E-state index in [1.807, 2.05) is 0 Å². The lowest BCUT2D eigenvalue weighted by atomic mass is 10.1. The van der Waals surface area contributed by atoms with Gasteiger partial charge in [0.15, 0.2) is 17.2 Å². The van der Waals surface area contributed by atoms with Crippen LogP contribution < -0.4 is 14.4 Å². The van der Waals surface area contributed by atoms with Crippen LogP contribution in [0.5, 0.6) is 5.75 Å². The molecule has 1 aliphatic heterocycles. The summed E-state index contributed by atoms with van der Waals surface area (Å²) in [5.74, 6) is -2.46. The number of carbonyl (C=O) groups excluding carboxylic acids is 1. The Labute approximate surface area is 250 Å². The Bertz CT molecular complexity index is 1520. The van der Waals surface area contributed by atoms with E-state index >= 15 is 0 Å². The molecule has 1 saturated heterocycles. The fraction of sp³-hybridized carbons (Fsp3) is 0.308. The van der Waals surface area contributed by atoms with E-state index in [1.165, 1.54) is 11.4 Å². The van der Waals surface area contributed by atoms with Crippen molar-refractivity contribution < 1.29 is 32.6 Å². The molecular formula is C26H25Cl3N2O7S2. The van der Waals surface area contributed by atoms with Crippen LogP contribution in [0.2, 0.25) is 15.1 Å². The van der Waals surface area contributed by atoms with Gasteiger partial charge in [-0.2, -0.15) is 0 Å². The predicted octanol–water partition coefficient (Wildman–Crippen LogP) is 5.71. The third-order valence-corrected chi connectivity index (χ3v) is 10.5. The van der Waals surface area contributed by atoms with Crippen LogP contribution in [0, 0.1) is 0 Å². The van der Waals surface area contributed by atoms with Gasteiger partial charge in [-0.15, -0.1) is 11.3 Å². The van der Waals surface area contributed by atoms with Gasteiger partial charge >= 0.3 is 11.9 Å². The molecule has 40 heavy (non-hydrogen) atoms. The van der Waals surface area contributed by atoms with E-state index in [0.29, 0.717) is 47.6 Å². The zero-order valence-electron chi connectivity index (χ0n) is 21.2. The minimum Gasteiger partial charge on any atom is -0.479 e. The van der Waals surface area contributed by atoms with Crippen molar-refractivity contribution in [2.24, 2.45) is 0 Å². The van der Waals surface area contributed by atoms with Crippen molar-refractivity contribution in [2.45, 2.75) is 24.6 Å². The molecule has 0 radical (unpaired) electrons. The molecule has 1 aliphatic rings. The minimum atomic E-state index is -3.95. The fourth-order valence-electron chi connectivity index (χ4n) is 4.42. The topological polar surface area (TPSA) is 122 Å². The molecule has 4 rings (SSSR count). The highest BCUT2D eigenvalue weighted by Gasteiger charge is 2.33. The number of piperidine rings is 1. The number of carboxylic acids is 1. The molecule has 2 N–H and O–H groups in total. The molecule has 0 spiro atoms. The van der Waals surface area contributed by atoms with Gasteiger partial charge in [0.25, 0.3) is 0 Å². The Balaban J connectivity index is 1.79. The number of rotatable bonds is 10. The third kappa shape index (κ3) is 6.67. The highest BCUT2D eigenvalue weighted by atomic mass is 35.5. The Morgan fingerprint density at radius 3 is 2.48 bits per heavy atom. The average molecular weight is 648 g/mol. The molecule has 14 heteroatoms. The first kappa shape index (κ1) is 30.4. The van der Waals surface area contributed by atoms with Crippen LogP contribution in [-0.4, -0.2) is 58.3 Å². The van der Waals surface area contributed by atoms with Crippen molar-refractivity contribution in [1.82, 2.24) is 5.32 Å². The summed E-state index contributed by atoms with van der Waals surface area (Å²) >= 11 is 20.0. The summed E-state index contributed by atoms with van der Waals surface area (Å²) in [6, 6.07) is 11.3. The predicted molar refractivity (Wildman–Crippen MR) is 157 cm³/mol. The molecule has 214 valence electrons. The number of ether oxygens (including phenoxy) is 2.